The normalized spacial score (nSPS) is 10.4. The van der Waals surface area contributed by atoms with Crippen molar-refractivity contribution in [3.8, 4) is 0 Å². The molecule has 0 fully saturated rings. The van der Waals surface area contributed by atoms with Gasteiger partial charge >= 0.3 is 0 Å². The molecular formula is C8H8N14S2. The molecule has 2 N–H and O–H groups in total. The second kappa shape index (κ2) is 7.59. The van der Waals surface area contributed by atoms with Crippen LogP contribution in [0.25, 0.3) is 0 Å². The molecule has 16 heteroatoms. The van der Waals surface area contributed by atoms with E-state index in [1.807, 2.05) is 12.5 Å². The molecule has 0 radical (unpaired) electrons. The molecule has 0 aliphatic heterocycles. The standard InChI is InChI=1S/C8H8N14S2/c1-23-7-19-15-5(16-20-7)9-3-11-13-4(14-12-3)10-6-17-21-8(24-2)22-18-6/h1-2H3,(H,9,11,12,15,16)(H,10,13,14,17,18). The Morgan fingerprint density at radius 2 is 0.708 bits per heavy atom. The van der Waals surface area contributed by atoms with Crippen LogP contribution in [0.4, 0.5) is 23.8 Å². The van der Waals surface area contributed by atoms with Crippen molar-refractivity contribution >= 4 is 47.3 Å². The van der Waals surface area contributed by atoms with Gasteiger partial charge in [-0.1, -0.05) is 23.5 Å². The second-order valence-electron chi connectivity index (χ2n) is 3.72. The third kappa shape index (κ3) is 4.10. The first-order valence-corrected chi connectivity index (χ1v) is 8.56. The zero-order chi connectivity index (χ0) is 16.8. The Morgan fingerprint density at radius 3 is 0.958 bits per heavy atom. The van der Waals surface area contributed by atoms with Crippen LogP contribution in [-0.4, -0.2) is 73.7 Å². The minimum Gasteiger partial charge on any atom is -0.287 e. The average Bonchev–Trinajstić information content (AvgIpc) is 2.65. The zero-order valence-corrected chi connectivity index (χ0v) is 13.8. The van der Waals surface area contributed by atoms with E-state index in [2.05, 4.69) is 71.8 Å². The Labute approximate surface area is 142 Å². The lowest BCUT2D eigenvalue weighted by Gasteiger charge is -2.02. The van der Waals surface area contributed by atoms with Crippen LogP contribution in [0.2, 0.25) is 0 Å². The molecule has 0 saturated carbocycles. The third-order valence-electron chi connectivity index (χ3n) is 2.21. The van der Waals surface area contributed by atoms with Crippen molar-refractivity contribution in [2.45, 2.75) is 10.3 Å². The molecule has 122 valence electrons. The van der Waals surface area contributed by atoms with Gasteiger partial charge in [-0.05, 0) is 12.5 Å². The number of nitrogens with zero attached hydrogens (tertiary/aromatic N) is 12. The first kappa shape index (κ1) is 16.0. The Bertz CT molecular complexity index is 709. The summed E-state index contributed by atoms with van der Waals surface area (Å²) in [5, 5.41) is 52.0. The van der Waals surface area contributed by atoms with Crippen LogP contribution >= 0.6 is 23.5 Å². The van der Waals surface area contributed by atoms with Gasteiger partial charge in [0.25, 0.3) is 23.8 Å². The maximum atomic E-state index is 3.82. The summed E-state index contributed by atoms with van der Waals surface area (Å²) in [6.07, 6.45) is 3.63. The quantitative estimate of drug-likeness (QED) is 0.526. The van der Waals surface area contributed by atoms with Gasteiger partial charge in [-0.2, -0.15) is 0 Å². The molecule has 0 saturated heterocycles. The fourth-order valence-corrected chi connectivity index (χ4v) is 1.72. The third-order valence-corrected chi connectivity index (χ3v) is 3.27. The highest BCUT2D eigenvalue weighted by Gasteiger charge is 2.07. The van der Waals surface area contributed by atoms with Gasteiger partial charge < -0.3 is 0 Å². The van der Waals surface area contributed by atoms with E-state index >= 15 is 0 Å². The summed E-state index contributed by atoms with van der Waals surface area (Å²) < 4.78 is 0. The van der Waals surface area contributed by atoms with E-state index < -0.39 is 0 Å². The molecule has 0 atom stereocenters. The Kier molecular flexibility index (Phi) is 5.06. The van der Waals surface area contributed by atoms with Crippen LogP contribution in [0.15, 0.2) is 10.3 Å². The van der Waals surface area contributed by atoms with E-state index in [4.69, 9.17) is 0 Å². The summed E-state index contributed by atoms with van der Waals surface area (Å²) in [5.41, 5.74) is 0. The summed E-state index contributed by atoms with van der Waals surface area (Å²) in [5.74, 6) is 0.412. The van der Waals surface area contributed by atoms with Crippen LogP contribution in [-0.2, 0) is 0 Å². The maximum Gasteiger partial charge on any atom is 0.269 e. The van der Waals surface area contributed by atoms with E-state index in [1.165, 1.54) is 23.5 Å². The molecule has 0 bridgehead atoms. The fraction of sp³-hybridized carbons (Fsp3) is 0.250. The highest BCUT2D eigenvalue weighted by atomic mass is 32.2. The molecule has 0 aromatic carbocycles. The summed E-state index contributed by atoms with van der Waals surface area (Å²) in [4.78, 5) is 0. The Balaban J connectivity index is 1.63. The van der Waals surface area contributed by atoms with Crippen molar-refractivity contribution in [3.63, 3.8) is 0 Å². The minimum absolute atomic E-state index is 0.0796. The van der Waals surface area contributed by atoms with Gasteiger partial charge in [0.15, 0.2) is 0 Å². The van der Waals surface area contributed by atoms with Crippen molar-refractivity contribution in [1.29, 1.82) is 0 Å². The fourth-order valence-electron chi connectivity index (χ4n) is 1.23. The van der Waals surface area contributed by atoms with E-state index in [1.54, 1.807) is 0 Å². The van der Waals surface area contributed by atoms with Crippen molar-refractivity contribution in [2.75, 3.05) is 23.1 Å². The molecule has 0 amide bonds. The monoisotopic (exact) mass is 364 g/mol. The summed E-state index contributed by atoms with van der Waals surface area (Å²) in [6.45, 7) is 0. The van der Waals surface area contributed by atoms with Crippen LogP contribution in [0.3, 0.4) is 0 Å². The van der Waals surface area contributed by atoms with Gasteiger partial charge in [-0.3, -0.25) is 10.6 Å². The number of hydrogen-bond donors (Lipinski definition) is 2. The minimum atomic E-state index is 0.0796. The summed E-state index contributed by atoms with van der Waals surface area (Å²) in [6, 6.07) is 0. The van der Waals surface area contributed by atoms with Crippen molar-refractivity contribution in [2.24, 2.45) is 0 Å². The molecule has 0 spiro atoms. The van der Waals surface area contributed by atoms with E-state index in [9.17, 15) is 0 Å². The predicted molar refractivity (Wildman–Crippen MR) is 83.0 cm³/mol. The number of aromatic nitrogens is 12. The van der Waals surface area contributed by atoms with Crippen LogP contribution in [0, 0.1) is 0 Å². The van der Waals surface area contributed by atoms with Gasteiger partial charge in [0.05, 0.1) is 0 Å². The molecule has 0 aliphatic rings. The first-order chi connectivity index (χ1) is 11.8. The largest absolute Gasteiger partial charge is 0.287 e. The maximum absolute atomic E-state index is 3.82. The second-order valence-corrected chi connectivity index (χ2v) is 5.26. The molecule has 3 heterocycles. The molecule has 3 aromatic rings. The average molecular weight is 364 g/mol. The molecule has 24 heavy (non-hydrogen) atoms. The van der Waals surface area contributed by atoms with Crippen molar-refractivity contribution in [3.05, 3.63) is 0 Å². The lowest BCUT2D eigenvalue weighted by atomic mass is 10.9. The van der Waals surface area contributed by atoms with Gasteiger partial charge in [0.1, 0.15) is 0 Å². The summed E-state index contributed by atoms with van der Waals surface area (Å²) >= 11 is 2.65. The predicted octanol–water partition coefficient (Wildman–Crippen LogP) is -0.642. The zero-order valence-electron chi connectivity index (χ0n) is 12.2. The van der Waals surface area contributed by atoms with E-state index in [-0.39, 0.29) is 23.8 Å². The highest BCUT2D eigenvalue weighted by molar-refractivity contribution is 7.98. The number of nitrogens with one attached hydrogen (secondary N) is 2. The molecule has 0 aliphatic carbocycles. The number of hydrogen-bond acceptors (Lipinski definition) is 16. The van der Waals surface area contributed by atoms with Gasteiger partial charge in [-0.15, -0.1) is 61.2 Å². The van der Waals surface area contributed by atoms with Crippen LogP contribution in [0.1, 0.15) is 0 Å². The molecular weight excluding hydrogens is 356 g/mol. The van der Waals surface area contributed by atoms with Crippen molar-refractivity contribution < 1.29 is 0 Å². The topological polar surface area (TPSA) is 179 Å². The Morgan fingerprint density at radius 1 is 0.458 bits per heavy atom. The van der Waals surface area contributed by atoms with Crippen LogP contribution in [0.5, 0.6) is 0 Å². The smallest absolute Gasteiger partial charge is 0.269 e. The van der Waals surface area contributed by atoms with Crippen molar-refractivity contribution in [1.82, 2.24) is 61.2 Å². The highest BCUT2D eigenvalue weighted by Crippen LogP contribution is 2.09. The number of thioether (sulfide) groups is 2. The van der Waals surface area contributed by atoms with Crippen LogP contribution < -0.4 is 10.6 Å². The van der Waals surface area contributed by atoms with Gasteiger partial charge in [0, 0.05) is 0 Å². The van der Waals surface area contributed by atoms with E-state index in [0.29, 0.717) is 10.3 Å². The number of rotatable bonds is 6. The number of anilines is 4. The van der Waals surface area contributed by atoms with Gasteiger partial charge in [0.2, 0.25) is 10.3 Å². The lowest BCUT2D eigenvalue weighted by molar-refractivity contribution is 0.747. The van der Waals surface area contributed by atoms with E-state index in [0.717, 1.165) is 0 Å². The molecule has 3 rings (SSSR count). The lowest BCUT2D eigenvalue weighted by Crippen LogP contribution is -2.10. The first-order valence-electron chi connectivity index (χ1n) is 6.11. The SMILES string of the molecule is CSc1nnc(Nc2nnc(Nc3nnc(SC)nn3)nn2)nn1. The Hall–Kier alpha value is -2.88. The molecule has 14 nitrogen and oxygen atoms in total. The summed E-state index contributed by atoms with van der Waals surface area (Å²) in [7, 11) is 0. The van der Waals surface area contributed by atoms with Gasteiger partial charge in [-0.25, -0.2) is 0 Å². The molecule has 0 unspecified atom stereocenters. The molecule has 3 aromatic heterocycles.